The standard InChI is InChI=1S/C11H13ClF3NO/c1-10(2,3)17-6-7-4-8(11(13,14)15)16-9(12)5-7/h4-5H,6H2,1-3H3. The Balaban J connectivity index is 2.91. The highest BCUT2D eigenvalue weighted by Crippen LogP contribution is 2.29. The fourth-order valence-electron chi connectivity index (χ4n) is 1.08. The molecular weight excluding hydrogens is 255 g/mol. The molecule has 1 rings (SSSR count). The summed E-state index contributed by atoms with van der Waals surface area (Å²) in [5, 5.41) is -0.188. The van der Waals surface area contributed by atoms with Crippen LogP contribution in [0.4, 0.5) is 13.2 Å². The van der Waals surface area contributed by atoms with Gasteiger partial charge in [-0.25, -0.2) is 4.98 Å². The predicted octanol–water partition coefficient (Wildman–Crippen LogP) is 4.07. The van der Waals surface area contributed by atoms with Crippen molar-refractivity contribution in [3.63, 3.8) is 0 Å². The number of rotatable bonds is 2. The van der Waals surface area contributed by atoms with Gasteiger partial charge in [-0.2, -0.15) is 13.2 Å². The van der Waals surface area contributed by atoms with E-state index in [0.717, 1.165) is 6.07 Å². The number of hydrogen-bond donors (Lipinski definition) is 0. The smallest absolute Gasteiger partial charge is 0.371 e. The fourth-order valence-corrected chi connectivity index (χ4v) is 1.31. The number of pyridine rings is 1. The maximum absolute atomic E-state index is 12.5. The molecule has 17 heavy (non-hydrogen) atoms. The number of halogens is 4. The summed E-state index contributed by atoms with van der Waals surface area (Å²) in [4.78, 5) is 3.23. The second-order valence-corrected chi connectivity index (χ2v) is 4.97. The van der Waals surface area contributed by atoms with Crippen molar-refractivity contribution in [1.82, 2.24) is 4.98 Å². The van der Waals surface area contributed by atoms with Crippen LogP contribution in [-0.2, 0) is 17.5 Å². The minimum Gasteiger partial charge on any atom is -0.371 e. The van der Waals surface area contributed by atoms with Gasteiger partial charge in [-0.05, 0) is 38.5 Å². The van der Waals surface area contributed by atoms with Gasteiger partial charge in [0.15, 0.2) is 0 Å². The first-order valence-electron chi connectivity index (χ1n) is 4.95. The minimum absolute atomic E-state index is 0.0643. The highest BCUT2D eigenvalue weighted by atomic mass is 35.5. The quantitative estimate of drug-likeness (QED) is 0.754. The highest BCUT2D eigenvalue weighted by molar-refractivity contribution is 6.29. The molecule has 0 aliphatic carbocycles. The van der Waals surface area contributed by atoms with Crippen LogP contribution in [0.15, 0.2) is 12.1 Å². The molecule has 1 heterocycles. The summed E-state index contributed by atoms with van der Waals surface area (Å²) in [6, 6.07) is 2.31. The van der Waals surface area contributed by atoms with Gasteiger partial charge in [-0.1, -0.05) is 11.6 Å². The van der Waals surface area contributed by atoms with E-state index in [1.807, 2.05) is 20.8 Å². The van der Waals surface area contributed by atoms with Crippen LogP contribution in [0.3, 0.4) is 0 Å². The molecule has 6 heteroatoms. The molecule has 0 bridgehead atoms. The third kappa shape index (κ3) is 4.91. The van der Waals surface area contributed by atoms with E-state index in [0.29, 0.717) is 5.56 Å². The molecule has 0 unspecified atom stereocenters. The predicted molar refractivity (Wildman–Crippen MR) is 58.8 cm³/mol. The molecule has 0 fully saturated rings. The molecule has 96 valence electrons. The van der Waals surface area contributed by atoms with Crippen LogP contribution >= 0.6 is 11.6 Å². The second-order valence-electron chi connectivity index (χ2n) is 4.58. The zero-order chi connectivity index (χ0) is 13.3. The maximum atomic E-state index is 12.5. The zero-order valence-corrected chi connectivity index (χ0v) is 10.5. The van der Waals surface area contributed by atoms with Crippen molar-refractivity contribution in [2.45, 2.75) is 39.2 Å². The molecule has 0 atom stereocenters. The fraction of sp³-hybridized carbons (Fsp3) is 0.545. The Morgan fingerprint density at radius 2 is 1.82 bits per heavy atom. The van der Waals surface area contributed by atoms with E-state index in [2.05, 4.69) is 4.98 Å². The van der Waals surface area contributed by atoms with E-state index in [4.69, 9.17) is 16.3 Å². The largest absolute Gasteiger partial charge is 0.433 e. The van der Waals surface area contributed by atoms with Crippen molar-refractivity contribution in [2.75, 3.05) is 0 Å². The Labute approximate surface area is 103 Å². The lowest BCUT2D eigenvalue weighted by molar-refractivity contribution is -0.141. The molecule has 0 N–H and O–H groups in total. The van der Waals surface area contributed by atoms with Gasteiger partial charge in [0.1, 0.15) is 10.8 Å². The molecule has 0 spiro atoms. The normalized spacial score (nSPS) is 12.9. The molecular formula is C11H13ClF3NO. The van der Waals surface area contributed by atoms with E-state index in [9.17, 15) is 13.2 Å². The summed E-state index contributed by atoms with van der Waals surface area (Å²) < 4.78 is 42.8. The molecule has 0 radical (unpaired) electrons. The maximum Gasteiger partial charge on any atom is 0.433 e. The molecule has 1 aromatic rings. The first-order chi connectivity index (χ1) is 7.58. The average molecular weight is 268 g/mol. The number of ether oxygens (including phenoxy) is 1. The van der Waals surface area contributed by atoms with Gasteiger partial charge in [-0.15, -0.1) is 0 Å². The monoisotopic (exact) mass is 267 g/mol. The van der Waals surface area contributed by atoms with Gasteiger partial charge >= 0.3 is 6.18 Å². The average Bonchev–Trinajstić information content (AvgIpc) is 2.11. The summed E-state index contributed by atoms with van der Waals surface area (Å²) in [5.41, 5.74) is -1.07. The molecule has 0 aliphatic heterocycles. The molecule has 0 saturated carbocycles. The van der Waals surface area contributed by atoms with Crippen molar-refractivity contribution in [2.24, 2.45) is 0 Å². The lowest BCUT2D eigenvalue weighted by Gasteiger charge is -2.19. The van der Waals surface area contributed by atoms with Crippen LogP contribution in [0.25, 0.3) is 0 Å². The van der Waals surface area contributed by atoms with Crippen molar-refractivity contribution in [3.8, 4) is 0 Å². The molecule has 0 aromatic carbocycles. The van der Waals surface area contributed by atoms with E-state index in [1.165, 1.54) is 6.07 Å². The SMILES string of the molecule is CC(C)(C)OCc1cc(Cl)nc(C(F)(F)F)c1. The number of alkyl halides is 3. The number of hydrogen-bond acceptors (Lipinski definition) is 2. The number of aromatic nitrogens is 1. The Kier molecular flexibility index (Phi) is 4.04. The topological polar surface area (TPSA) is 22.1 Å². The second kappa shape index (κ2) is 4.82. The van der Waals surface area contributed by atoms with Gasteiger partial charge in [0.25, 0.3) is 0 Å². The Morgan fingerprint density at radius 1 is 1.24 bits per heavy atom. The van der Waals surface area contributed by atoms with E-state index < -0.39 is 17.5 Å². The third-order valence-electron chi connectivity index (χ3n) is 1.82. The molecule has 0 aliphatic rings. The number of nitrogens with zero attached hydrogens (tertiary/aromatic N) is 1. The lowest BCUT2D eigenvalue weighted by atomic mass is 10.2. The van der Waals surface area contributed by atoms with Gasteiger partial charge < -0.3 is 4.74 Å². The summed E-state index contributed by atoms with van der Waals surface area (Å²) in [6.45, 7) is 5.52. The highest BCUT2D eigenvalue weighted by Gasteiger charge is 2.33. The van der Waals surface area contributed by atoms with Gasteiger partial charge in [0, 0.05) is 0 Å². The van der Waals surface area contributed by atoms with Crippen molar-refractivity contribution in [1.29, 1.82) is 0 Å². The Morgan fingerprint density at radius 3 is 2.29 bits per heavy atom. The molecule has 1 aromatic heterocycles. The van der Waals surface area contributed by atoms with Gasteiger partial charge in [-0.3, -0.25) is 0 Å². The summed E-state index contributed by atoms with van der Waals surface area (Å²) in [6.07, 6.45) is -4.50. The minimum atomic E-state index is -4.50. The molecule has 0 saturated heterocycles. The van der Waals surface area contributed by atoms with Gasteiger partial charge in [0.05, 0.1) is 12.2 Å². The third-order valence-corrected chi connectivity index (χ3v) is 2.01. The van der Waals surface area contributed by atoms with E-state index >= 15 is 0 Å². The van der Waals surface area contributed by atoms with Crippen LogP contribution in [0.2, 0.25) is 5.15 Å². The van der Waals surface area contributed by atoms with Crippen LogP contribution in [0.1, 0.15) is 32.0 Å². The van der Waals surface area contributed by atoms with Crippen LogP contribution < -0.4 is 0 Å². The first-order valence-corrected chi connectivity index (χ1v) is 5.33. The molecule has 0 amide bonds. The molecule has 2 nitrogen and oxygen atoms in total. The van der Waals surface area contributed by atoms with E-state index in [-0.39, 0.29) is 11.8 Å². The van der Waals surface area contributed by atoms with Crippen LogP contribution in [0, 0.1) is 0 Å². The van der Waals surface area contributed by atoms with E-state index in [1.54, 1.807) is 0 Å². The summed E-state index contributed by atoms with van der Waals surface area (Å²) >= 11 is 5.54. The van der Waals surface area contributed by atoms with Gasteiger partial charge in [0.2, 0.25) is 0 Å². The Bertz CT molecular complexity index is 399. The van der Waals surface area contributed by atoms with Crippen LogP contribution in [-0.4, -0.2) is 10.6 Å². The first kappa shape index (κ1) is 14.3. The van der Waals surface area contributed by atoms with Crippen molar-refractivity contribution < 1.29 is 17.9 Å². The van der Waals surface area contributed by atoms with Crippen molar-refractivity contribution in [3.05, 3.63) is 28.5 Å². The zero-order valence-electron chi connectivity index (χ0n) is 9.73. The summed E-state index contributed by atoms with van der Waals surface area (Å²) in [5.74, 6) is 0. The van der Waals surface area contributed by atoms with Crippen LogP contribution in [0.5, 0.6) is 0 Å². The Hall–Kier alpha value is -0.810. The lowest BCUT2D eigenvalue weighted by Crippen LogP contribution is -2.19. The van der Waals surface area contributed by atoms with Crippen molar-refractivity contribution >= 4 is 11.6 Å². The summed E-state index contributed by atoms with van der Waals surface area (Å²) in [7, 11) is 0.